The summed E-state index contributed by atoms with van der Waals surface area (Å²) in [6, 6.07) is -0.807. The fraction of sp³-hybridized carbons (Fsp3) is 0.917. The molecular weight excluding hydrogens is 799 g/mol. The van der Waals surface area contributed by atoms with Crippen LogP contribution in [0.1, 0.15) is 328 Å². The number of aliphatic hydroxyl groups is 3. The van der Waals surface area contributed by atoms with Crippen LogP contribution in [0.4, 0.5) is 0 Å². The Hall–Kier alpha value is -1.17. The predicted molar refractivity (Wildman–Crippen MR) is 287 cm³/mol. The zero-order chi connectivity index (χ0) is 47.2. The molecule has 1 amide bonds. The summed E-state index contributed by atoms with van der Waals surface area (Å²) >= 11 is 0. The summed E-state index contributed by atoms with van der Waals surface area (Å²) in [5.74, 6) is -0.140. The highest BCUT2D eigenvalue weighted by Gasteiger charge is 2.26. The van der Waals surface area contributed by atoms with E-state index in [1.807, 2.05) is 0 Å². The first-order valence-electron chi connectivity index (χ1n) is 29.6. The highest BCUT2D eigenvalue weighted by atomic mass is 16.3. The van der Waals surface area contributed by atoms with Gasteiger partial charge in [-0.3, -0.25) is 4.79 Å². The fourth-order valence-electron chi connectivity index (χ4n) is 9.49. The van der Waals surface area contributed by atoms with Crippen molar-refractivity contribution in [2.24, 2.45) is 0 Å². The van der Waals surface area contributed by atoms with Gasteiger partial charge in [-0.2, -0.15) is 0 Å². The Balaban J connectivity index is 3.45. The third-order valence-corrected chi connectivity index (χ3v) is 14.1. The molecular formula is C60H117NO4. The number of hydrogen-bond donors (Lipinski definition) is 4. The number of allylic oxidation sites excluding steroid dienone is 4. The van der Waals surface area contributed by atoms with Crippen LogP contribution in [0.3, 0.4) is 0 Å². The van der Waals surface area contributed by atoms with Crippen LogP contribution in [-0.4, -0.2) is 46.1 Å². The summed E-state index contributed by atoms with van der Waals surface area (Å²) in [6.45, 7) is 4.21. The van der Waals surface area contributed by atoms with Crippen molar-refractivity contribution in [3.8, 4) is 0 Å². The van der Waals surface area contributed by atoms with Crippen LogP contribution in [0.2, 0.25) is 0 Å². The molecule has 5 nitrogen and oxygen atoms in total. The Morgan fingerprint density at radius 2 is 0.662 bits per heavy atom. The predicted octanol–water partition coefficient (Wildman–Crippen LogP) is 18.5. The first-order valence-corrected chi connectivity index (χ1v) is 29.6. The first kappa shape index (κ1) is 63.8. The Labute approximate surface area is 407 Å². The number of carbonyl (C=O) groups excluding carboxylic acids is 1. The lowest BCUT2D eigenvalue weighted by molar-refractivity contribution is -0.124. The zero-order valence-corrected chi connectivity index (χ0v) is 44.1. The van der Waals surface area contributed by atoms with Crippen LogP contribution in [0.25, 0.3) is 0 Å². The number of carbonyl (C=O) groups is 1. The second-order valence-corrected chi connectivity index (χ2v) is 20.6. The molecule has 5 heteroatoms. The Morgan fingerprint density at radius 1 is 0.385 bits per heavy atom. The van der Waals surface area contributed by atoms with E-state index in [0.717, 1.165) is 44.9 Å². The molecule has 0 aliphatic heterocycles. The summed E-state index contributed by atoms with van der Waals surface area (Å²) < 4.78 is 0. The van der Waals surface area contributed by atoms with E-state index in [1.54, 1.807) is 0 Å². The number of rotatable bonds is 55. The lowest BCUT2D eigenvalue weighted by Crippen LogP contribution is -2.50. The van der Waals surface area contributed by atoms with E-state index in [9.17, 15) is 20.1 Å². The number of aliphatic hydroxyl groups excluding tert-OH is 3. The molecule has 386 valence electrons. The molecule has 0 aromatic carbocycles. The lowest BCUT2D eigenvalue weighted by Gasteiger charge is -2.26. The fourth-order valence-corrected chi connectivity index (χ4v) is 9.49. The van der Waals surface area contributed by atoms with Crippen LogP contribution in [0, 0.1) is 0 Å². The van der Waals surface area contributed by atoms with E-state index in [0.29, 0.717) is 12.8 Å². The molecule has 3 unspecified atom stereocenters. The lowest BCUT2D eigenvalue weighted by atomic mass is 9.99. The molecule has 0 bridgehead atoms. The largest absolute Gasteiger partial charge is 0.394 e. The molecule has 0 radical (unpaired) electrons. The first-order chi connectivity index (χ1) is 32.1. The minimum atomic E-state index is -1.13. The average molecular weight is 917 g/mol. The van der Waals surface area contributed by atoms with Crippen LogP contribution >= 0.6 is 0 Å². The van der Waals surface area contributed by atoms with E-state index in [2.05, 4.69) is 43.5 Å². The van der Waals surface area contributed by atoms with Crippen molar-refractivity contribution in [3.63, 3.8) is 0 Å². The van der Waals surface area contributed by atoms with Crippen molar-refractivity contribution in [1.29, 1.82) is 0 Å². The van der Waals surface area contributed by atoms with Gasteiger partial charge in [-0.05, 0) is 44.9 Å². The SMILES string of the molecule is CCCCCCCCCCCCCCC/C=C\C/C=C\CCCCCCCCCCCCCCCCCCCC(=O)NC(CO)C(O)C(O)CCCCCCCCCCCCCCCC. The summed E-state index contributed by atoms with van der Waals surface area (Å²) in [5, 5.41) is 33.7. The van der Waals surface area contributed by atoms with Gasteiger partial charge >= 0.3 is 0 Å². The maximum absolute atomic E-state index is 12.5. The number of nitrogens with one attached hydrogen (secondary N) is 1. The Bertz CT molecular complexity index is 967. The standard InChI is InChI=1S/C60H117NO4/c1-3-5-7-9-11-13-15-17-19-20-21-22-23-24-25-26-27-28-29-30-31-32-33-34-35-36-37-38-39-40-41-43-45-47-49-51-53-55-59(64)61-57(56-62)60(65)58(63)54-52-50-48-46-44-42-18-16-14-12-10-8-6-4-2/h25-26,28-29,57-58,60,62-63,65H,3-24,27,30-56H2,1-2H3,(H,61,64)/b26-25-,29-28-. The summed E-state index contributed by atoms with van der Waals surface area (Å²) in [5.41, 5.74) is 0. The third-order valence-electron chi connectivity index (χ3n) is 14.1. The quantitative estimate of drug-likeness (QED) is 0.0361. The van der Waals surface area contributed by atoms with Crippen molar-refractivity contribution in [2.75, 3.05) is 6.61 Å². The molecule has 0 rings (SSSR count). The molecule has 0 spiro atoms. The van der Waals surface area contributed by atoms with Gasteiger partial charge in [-0.15, -0.1) is 0 Å². The summed E-state index contributed by atoms with van der Waals surface area (Å²) in [7, 11) is 0. The normalized spacial score (nSPS) is 13.4. The number of unbranched alkanes of at least 4 members (excludes halogenated alkanes) is 43. The topological polar surface area (TPSA) is 89.8 Å². The number of amides is 1. The van der Waals surface area contributed by atoms with Crippen molar-refractivity contribution in [3.05, 3.63) is 24.3 Å². The van der Waals surface area contributed by atoms with Crippen molar-refractivity contribution >= 4 is 5.91 Å². The van der Waals surface area contributed by atoms with E-state index >= 15 is 0 Å². The van der Waals surface area contributed by atoms with E-state index in [4.69, 9.17) is 0 Å². The molecule has 3 atom stereocenters. The van der Waals surface area contributed by atoms with Gasteiger partial charge in [0, 0.05) is 6.42 Å². The van der Waals surface area contributed by atoms with Crippen molar-refractivity contribution in [1.82, 2.24) is 5.32 Å². The average Bonchev–Trinajstić information content (AvgIpc) is 3.31. The van der Waals surface area contributed by atoms with E-state index in [1.165, 1.54) is 257 Å². The minimum Gasteiger partial charge on any atom is -0.394 e. The van der Waals surface area contributed by atoms with Crippen LogP contribution in [-0.2, 0) is 4.79 Å². The van der Waals surface area contributed by atoms with Gasteiger partial charge in [-0.1, -0.05) is 301 Å². The molecule has 65 heavy (non-hydrogen) atoms. The van der Waals surface area contributed by atoms with Crippen LogP contribution < -0.4 is 5.32 Å². The second kappa shape index (κ2) is 55.4. The maximum atomic E-state index is 12.5. The highest BCUT2D eigenvalue weighted by Crippen LogP contribution is 2.18. The monoisotopic (exact) mass is 916 g/mol. The molecule has 4 N–H and O–H groups in total. The van der Waals surface area contributed by atoms with E-state index in [-0.39, 0.29) is 12.5 Å². The van der Waals surface area contributed by atoms with Crippen LogP contribution in [0.5, 0.6) is 0 Å². The second-order valence-electron chi connectivity index (χ2n) is 20.6. The summed E-state index contributed by atoms with van der Waals surface area (Å²) in [4.78, 5) is 12.5. The van der Waals surface area contributed by atoms with Crippen molar-refractivity contribution in [2.45, 2.75) is 347 Å². The number of hydrogen-bond acceptors (Lipinski definition) is 4. The van der Waals surface area contributed by atoms with Gasteiger partial charge < -0.3 is 20.6 Å². The smallest absolute Gasteiger partial charge is 0.220 e. The van der Waals surface area contributed by atoms with Gasteiger partial charge in [0.05, 0.1) is 18.8 Å². The van der Waals surface area contributed by atoms with Gasteiger partial charge in [0.2, 0.25) is 5.91 Å². The maximum Gasteiger partial charge on any atom is 0.220 e. The molecule has 0 fully saturated rings. The van der Waals surface area contributed by atoms with Gasteiger partial charge in [0.25, 0.3) is 0 Å². The molecule has 0 saturated carbocycles. The molecule has 0 aromatic rings. The van der Waals surface area contributed by atoms with Gasteiger partial charge in [0.15, 0.2) is 0 Å². The Kier molecular flexibility index (Phi) is 54.4. The van der Waals surface area contributed by atoms with Gasteiger partial charge in [0.1, 0.15) is 6.10 Å². The molecule has 0 aromatic heterocycles. The molecule has 0 aliphatic carbocycles. The van der Waals surface area contributed by atoms with Crippen LogP contribution in [0.15, 0.2) is 24.3 Å². The van der Waals surface area contributed by atoms with Gasteiger partial charge in [-0.25, -0.2) is 0 Å². The molecule has 0 aliphatic rings. The van der Waals surface area contributed by atoms with E-state index < -0.39 is 18.2 Å². The highest BCUT2D eigenvalue weighted by molar-refractivity contribution is 5.76. The minimum absolute atomic E-state index is 0.140. The molecule has 0 saturated heterocycles. The Morgan fingerprint density at radius 3 is 0.969 bits per heavy atom. The summed E-state index contributed by atoms with van der Waals surface area (Å²) in [6.07, 6.45) is 70.7. The molecule has 0 heterocycles. The van der Waals surface area contributed by atoms with Crippen molar-refractivity contribution < 1.29 is 20.1 Å². The third kappa shape index (κ3) is 50.5. The zero-order valence-electron chi connectivity index (χ0n) is 44.1.